The van der Waals surface area contributed by atoms with Crippen molar-refractivity contribution in [3.8, 4) is 0 Å². The van der Waals surface area contributed by atoms with Crippen LogP contribution in [0, 0.1) is 0 Å². The molecule has 0 saturated heterocycles. The zero-order chi connectivity index (χ0) is 13.8. The molecule has 98 valence electrons. The van der Waals surface area contributed by atoms with Crippen LogP contribution in [0.15, 0.2) is 42.5 Å². The summed E-state index contributed by atoms with van der Waals surface area (Å²) in [6.07, 6.45) is 0.228. The number of halogens is 2. The minimum absolute atomic E-state index is 0.172. The van der Waals surface area contributed by atoms with E-state index >= 15 is 0 Å². The van der Waals surface area contributed by atoms with Gasteiger partial charge in [0.15, 0.2) is 0 Å². The predicted octanol–water partition coefficient (Wildman–Crippen LogP) is 3.76. The van der Waals surface area contributed by atoms with Crippen molar-refractivity contribution >= 4 is 40.5 Å². The summed E-state index contributed by atoms with van der Waals surface area (Å²) in [5.41, 5.74) is 7.54. The molecule has 0 unspecified atom stereocenters. The van der Waals surface area contributed by atoms with Crippen molar-refractivity contribution in [1.29, 1.82) is 0 Å². The highest BCUT2D eigenvalue weighted by molar-refractivity contribution is 6.33. The molecule has 0 spiro atoms. The fraction of sp³-hybridized carbons (Fsp3) is 0.0714. The van der Waals surface area contributed by atoms with Gasteiger partial charge in [0.25, 0.3) is 0 Å². The molecule has 3 nitrogen and oxygen atoms in total. The van der Waals surface area contributed by atoms with Crippen LogP contribution in [0.2, 0.25) is 10.0 Å². The van der Waals surface area contributed by atoms with Crippen LogP contribution in [-0.2, 0) is 11.2 Å². The Bertz CT molecular complexity index is 614. The van der Waals surface area contributed by atoms with E-state index in [-0.39, 0.29) is 12.3 Å². The van der Waals surface area contributed by atoms with E-state index in [9.17, 15) is 4.79 Å². The van der Waals surface area contributed by atoms with Gasteiger partial charge in [0.05, 0.1) is 17.1 Å². The van der Waals surface area contributed by atoms with Crippen molar-refractivity contribution in [1.82, 2.24) is 0 Å². The quantitative estimate of drug-likeness (QED) is 0.847. The number of nitrogens with two attached hydrogens (primary N) is 1. The van der Waals surface area contributed by atoms with Crippen LogP contribution in [0.1, 0.15) is 5.56 Å². The number of anilines is 2. The van der Waals surface area contributed by atoms with Crippen LogP contribution < -0.4 is 11.1 Å². The molecule has 2 aromatic rings. The van der Waals surface area contributed by atoms with Crippen molar-refractivity contribution in [3.05, 3.63) is 58.1 Å². The van der Waals surface area contributed by atoms with E-state index in [1.54, 1.807) is 36.4 Å². The smallest absolute Gasteiger partial charge is 0.228 e. The van der Waals surface area contributed by atoms with Gasteiger partial charge in [-0.25, -0.2) is 0 Å². The van der Waals surface area contributed by atoms with Gasteiger partial charge < -0.3 is 11.1 Å². The Labute approximate surface area is 121 Å². The lowest BCUT2D eigenvalue weighted by Crippen LogP contribution is -2.14. The highest BCUT2D eigenvalue weighted by Gasteiger charge is 2.07. The molecule has 3 N–H and O–H groups in total. The lowest BCUT2D eigenvalue weighted by molar-refractivity contribution is -0.115. The van der Waals surface area contributed by atoms with E-state index in [2.05, 4.69) is 5.32 Å². The number of rotatable bonds is 3. The summed E-state index contributed by atoms with van der Waals surface area (Å²) >= 11 is 11.8. The maximum absolute atomic E-state index is 11.9. The van der Waals surface area contributed by atoms with Gasteiger partial charge in [-0.15, -0.1) is 0 Å². The van der Waals surface area contributed by atoms with Crippen molar-refractivity contribution in [3.63, 3.8) is 0 Å². The highest BCUT2D eigenvalue weighted by Crippen LogP contribution is 2.24. The third-order valence-electron chi connectivity index (χ3n) is 2.52. The van der Waals surface area contributed by atoms with Crippen molar-refractivity contribution < 1.29 is 4.79 Å². The molecule has 0 radical (unpaired) electrons. The Kier molecular flexibility index (Phi) is 4.30. The topological polar surface area (TPSA) is 55.1 Å². The molecule has 1 amide bonds. The third-order valence-corrected chi connectivity index (χ3v) is 3.08. The largest absolute Gasteiger partial charge is 0.399 e. The molecule has 0 aromatic heterocycles. The molecule has 2 aromatic carbocycles. The van der Waals surface area contributed by atoms with E-state index in [0.717, 1.165) is 5.56 Å². The van der Waals surface area contributed by atoms with Crippen LogP contribution in [0.5, 0.6) is 0 Å². The molecular weight excluding hydrogens is 283 g/mol. The van der Waals surface area contributed by atoms with Crippen molar-refractivity contribution in [2.24, 2.45) is 0 Å². The molecule has 0 saturated carbocycles. The number of carbonyl (C=O) groups is 1. The number of carbonyl (C=O) groups excluding carboxylic acids is 1. The Morgan fingerprint density at radius 1 is 1.16 bits per heavy atom. The van der Waals surface area contributed by atoms with Crippen LogP contribution >= 0.6 is 23.2 Å². The summed E-state index contributed by atoms with van der Waals surface area (Å²) in [5, 5.41) is 3.78. The maximum atomic E-state index is 11.9. The fourth-order valence-electron chi connectivity index (χ4n) is 1.67. The number of amides is 1. The van der Waals surface area contributed by atoms with Crippen LogP contribution in [0.3, 0.4) is 0 Å². The summed E-state index contributed by atoms with van der Waals surface area (Å²) in [4.78, 5) is 11.9. The molecule has 0 heterocycles. The van der Waals surface area contributed by atoms with Crippen molar-refractivity contribution in [2.45, 2.75) is 6.42 Å². The van der Waals surface area contributed by atoms with E-state index in [0.29, 0.717) is 21.4 Å². The van der Waals surface area contributed by atoms with Crippen molar-refractivity contribution in [2.75, 3.05) is 11.1 Å². The van der Waals surface area contributed by atoms with Crippen LogP contribution in [-0.4, -0.2) is 5.91 Å². The number of hydrogen-bond acceptors (Lipinski definition) is 2. The van der Waals surface area contributed by atoms with Crippen LogP contribution in [0.4, 0.5) is 11.4 Å². The molecule has 0 fully saturated rings. The summed E-state index contributed by atoms with van der Waals surface area (Å²) in [7, 11) is 0. The Hall–Kier alpha value is -1.71. The van der Waals surface area contributed by atoms with Gasteiger partial charge >= 0.3 is 0 Å². The lowest BCUT2D eigenvalue weighted by atomic mass is 10.1. The molecular formula is C14H12Cl2N2O. The fourth-order valence-corrected chi connectivity index (χ4v) is 2.04. The van der Waals surface area contributed by atoms with Gasteiger partial charge in [-0.2, -0.15) is 0 Å². The average Bonchev–Trinajstić information content (AvgIpc) is 2.34. The Morgan fingerprint density at radius 3 is 2.68 bits per heavy atom. The monoisotopic (exact) mass is 294 g/mol. The second-order valence-electron chi connectivity index (χ2n) is 4.09. The molecule has 0 atom stereocenters. The van der Waals surface area contributed by atoms with E-state index in [1.807, 2.05) is 6.07 Å². The average molecular weight is 295 g/mol. The van der Waals surface area contributed by atoms with Gasteiger partial charge in [0, 0.05) is 10.7 Å². The molecule has 19 heavy (non-hydrogen) atoms. The summed E-state index contributed by atoms with van der Waals surface area (Å²) in [6, 6.07) is 12.1. The minimum Gasteiger partial charge on any atom is -0.399 e. The highest BCUT2D eigenvalue weighted by atomic mass is 35.5. The number of nitrogen functional groups attached to an aromatic ring is 1. The van der Waals surface area contributed by atoms with E-state index in [1.165, 1.54) is 0 Å². The van der Waals surface area contributed by atoms with Gasteiger partial charge in [0.2, 0.25) is 5.91 Å². The standard InChI is InChI=1S/C14H12Cl2N2O/c15-10-3-1-2-9(6-10)7-14(19)18-13-8-11(17)4-5-12(13)16/h1-6,8H,7,17H2,(H,18,19). The number of nitrogens with one attached hydrogen (secondary N) is 1. The third kappa shape index (κ3) is 3.88. The summed E-state index contributed by atoms with van der Waals surface area (Å²) < 4.78 is 0. The molecule has 5 heteroatoms. The second-order valence-corrected chi connectivity index (χ2v) is 4.94. The first-order chi connectivity index (χ1) is 9.04. The van der Waals surface area contributed by atoms with E-state index < -0.39 is 0 Å². The first-order valence-corrected chi connectivity index (χ1v) is 6.39. The van der Waals surface area contributed by atoms with Gasteiger partial charge in [-0.1, -0.05) is 35.3 Å². The minimum atomic E-state index is -0.172. The number of hydrogen-bond donors (Lipinski definition) is 2. The molecule has 0 aliphatic heterocycles. The Balaban J connectivity index is 2.07. The predicted molar refractivity (Wildman–Crippen MR) is 79.7 cm³/mol. The number of benzene rings is 2. The zero-order valence-electron chi connectivity index (χ0n) is 9.99. The first kappa shape index (κ1) is 13.7. The van der Waals surface area contributed by atoms with E-state index in [4.69, 9.17) is 28.9 Å². The second kappa shape index (κ2) is 5.95. The molecule has 2 rings (SSSR count). The van der Waals surface area contributed by atoms with Crippen LogP contribution in [0.25, 0.3) is 0 Å². The van der Waals surface area contributed by atoms with Gasteiger partial charge in [-0.05, 0) is 35.9 Å². The van der Waals surface area contributed by atoms with Gasteiger partial charge in [-0.3, -0.25) is 4.79 Å². The summed E-state index contributed by atoms with van der Waals surface area (Å²) in [6.45, 7) is 0. The first-order valence-electron chi connectivity index (χ1n) is 5.64. The molecule has 0 bridgehead atoms. The molecule has 0 aliphatic carbocycles. The zero-order valence-corrected chi connectivity index (χ0v) is 11.5. The molecule has 0 aliphatic rings. The maximum Gasteiger partial charge on any atom is 0.228 e. The SMILES string of the molecule is Nc1ccc(Cl)c(NC(=O)Cc2cccc(Cl)c2)c1. The van der Waals surface area contributed by atoms with Gasteiger partial charge in [0.1, 0.15) is 0 Å². The Morgan fingerprint density at radius 2 is 1.95 bits per heavy atom. The lowest BCUT2D eigenvalue weighted by Gasteiger charge is -2.08. The normalized spacial score (nSPS) is 10.2. The summed E-state index contributed by atoms with van der Waals surface area (Å²) in [5.74, 6) is -0.172.